The van der Waals surface area contributed by atoms with Crippen LogP contribution in [-0.4, -0.2) is 11.8 Å². The van der Waals surface area contributed by atoms with Crippen molar-refractivity contribution in [3.63, 3.8) is 0 Å². The molecule has 2 aromatic rings. The summed E-state index contributed by atoms with van der Waals surface area (Å²) in [6.07, 6.45) is 1.04. The summed E-state index contributed by atoms with van der Waals surface area (Å²) in [6, 6.07) is 14.5. The molecule has 0 atom stereocenters. The van der Waals surface area contributed by atoms with E-state index in [1.807, 2.05) is 38.1 Å². The van der Waals surface area contributed by atoms with Crippen LogP contribution < -0.4 is 10.6 Å². The van der Waals surface area contributed by atoms with Crippen LogP contribution in [0.4, 0.5) is 11.4 Å². The summed E-state index contributed by atoms with van der Waals surface area (Å²) in [4.78, 5) is 25.4. The van der Waals surface area contributed by atoms with E-state index in [2.05, 4.69) is 10.6 Å². The fraction of sp³-hybridized carbons (Fsp3) is 0.250. The lowest BCUT2D eigenvalue weighted by Gasteiger charge is -2.18. The predicted octanol–water partition coefficient (Wildman–Crippen LogP) is 3.53. The van der Waals surface area contributed by atoms with Crippen molar-refractivity contribution in [1.82, 2.24) is 0 Å². The van der Waals surface area contributed by atoms with Crippen molar-refractivity contribution in [3.8, 4) is 6.07 Å². The Hall–Kier alpha value is -3.13. The van der Waals surface area contributed by atoms with Crippen LogP contribution in [0.2, 0.25) is 0 Å². The molecule has 25 heavy (non-hydrogen) atoms. The molecular weight excluding hydrogens is 314 g/mol. The molecule has 0 aromatic heterocycles. The highest BCUT2D eigenvalue weighted by Crippen LogP contribution is 2.47. The number of aryl methyl sites for hydroxylation is 2. The standard InChI is InChI=1S/C20H19N3O2/c1-13-5-3-6-14(2)17(13)23-19(25)20(9-10-20)18(24)22-16-8-4-7-15(11-16)12-21/h3-8,11H,9-10H2,1-2H3,(H,22,24)(H,23,25). The van der Waals surface area contributed by atoms with E-state index in [-0.39, 0.29) is 11.8 Å². The Kier molecular flexibility index (Phi) is 4.28. The third-order valence-corrected chi connectivity index (χ3v) is 4.59. The van der Waals surface area contributed by atoms with Crippen LogP contribution in [0.3, 0.4) is 0 Å². The molecule has 1 fully saturated rings. The van der Waals surface area contributed by atoms with E-state index in [1.165, 1.54) is 0 Å². The number of carbonyl (C=O) groups is 2. The van der Waals surface area contributed by atoms with E-state index in [4.69, 9.17) is 5.26 Å². The summed E-state index contributed by atoms with van der Waals surface area (Å²) in [5.74, 6) is -0.606. The van der Waals surface area contributed by atoms with Crippen molar-refractivity contribution in [1.29, 1.82) is 5.26 Å². The van der Waals surface area contributed by atoms with E-state index >= 15 is 0 Å². The second-order valence-electron chi connectivity index (χ2n) is 6.45. The minimum Gasteiger partial charge on any atom is -0.325 e. The SMILES string of the molecule is Cc1cccc(C)c1NC(=O)C1(C(=O)Nc2cccc(C#N)c2)CC1. The average Bonchev–Trinajstić information content (AvgIpc) is 3.40. The van der Waals surface area contributed by atoms with Gasteiger partial charge in [0.1, 0.15) is 5.41 Å². The van der Waals surface area contributed by atoms with E-state index < -0.39 is 5.41 Å². The second-order valence-corrected chi connectivity index (χ2v) is 6.45. The summed E-state index contributed by atoms with van der Waals surface area (Å²) in [5, 5.41) is 14.6. The molecule has 0 saturated heterocycles. The molecule has 2 amide bonds. The third kappa shape index (κ3) is 3.24. The first-order chi connectivity index (χ1) is 12.0. The van der Waals surface area contributed by atoms with E-state index in [1.54, 1.807) is 24.3 Å². The first kappa shape index (κ1) is 16.7. The van der Waals surface area contributed by atoms with Gasteiger partial charge in [0.15, 0.2) is 0 Å². The van der Waals surface area contributed by atoms with Gasteiger partial charge in [-0.1, -0.05) is 24.3 Å². The molecule has 5 nitrogen and oxygen atoms in total. The molecule has 0 heterocycles. The summed E-state index contributed by atoms with van der Waals surface area (Å²) >= 11 is 0. The van der Waals surface area contributed by atoms with Crippen LogP contribution in [0.5, 0.6) is 0 Å². The van der Waals surface area contributed by atoms with E-state index in [0.29, 0.717) is 24.1 Å². The Labute approximate surface area is 146 Å². The van der Waals surface area contributed by atoms with Crippen molar-refractivity contribution < 1.29 is 9.59 Å². The molecular formula is C20H19N3O2. The molecule has 0 radical (unpaired) electrons. The summed E-state index contributed by atoms with van der Waals surface area (Å²) in [7, 11) is 0. The maximum absolute atomic E-state index is 12.7. The van der Waals surface area contributed by atoms with Gasteiger partial charge in [0.25, 0.3) is 0 Å². The quantitative estimate of drug-likeness (QED) is 0.840. The molecule has 0 aliphatic heterocycles. The topological polar surface area (TPSA) is 82.0 Å². The Bertz CT molecular complexity index is 872. The highest BCUT2D eigenvalue weighted by molar-refractivity contribution is 6.17. The van der Waals surface area contributed by atoms with Gasteiger partial charge in [-0.2, -0.15) is 5.26 Å². The number of carbonyl (C=O) groups excluding carboxylic acids is 2. The first-order valence-corrected chi connectivity index (χ1v) is 8.15. The van der Waals surface area contributed by atoms with Gasteiger partial charge in [-0.3, -0.25) is 9.59 Å². The van der Waals surface area contributed by atoms with Crippen molar-refractivity contribution >= 4 is 23.2 Å². The van der Waals surface area contributed by atoms with Crippen LogP contribution in [0.15, 0.2) is 42.5 Å². The van der Waals surface area contributed by atoms with Crippen LogP contribution >= 0.6 is 0 Å². The molecule has 2 aromatic carbocycles. The van der Waals surface area contributed by atoms with Gasteiger partial charge in [0.05, 0.1) is 11.6 Å². The van der Waals surface area contributed by atoms with Crippen LogP contribution in [0, 0.1) is 30.6 Å². The van der Waals surface area contributed by atoms with Crippen molar-refractivity contribution in [3.05, 3.63) is 59.2 Å². The largest absolute Gasteiger partial charge is 0.325 e. The Balaban J connectivity index is 1.76. The number of hydrogen-bond donors (Lipinski definition) is 2. The highest BCUT2D eigenvalue weighted by Gasteiger charge is 2.56. The molecule has 0 unspecified atom stereocenters. The summed E-state index contributed by atoms with van der Waals surface area (Å²) < 4.78 is 0. The highest BCUT2D eigenvalue weighted by atomic mass is 16.2. The molecule has 2 N–H and O–H groups in total. The van der Waals surface area contributed by atoms with Crippen LogP contribution in [-0.2, 0) is 9.59 Å². The monoisotopic (exact) mass is 333 g/mol. The molecule has 3 rings (SSSR count). The lowest BCUT2D eigenvalue weighted by molar-refractivity contribution is -0.131. The number of benzene rings is 2. The molecule has 1 saturated carbocycles. The van der Waals surface area contributed by atoms with Gasteiger partial charge >= 0.3 is 0 Å². The first-order valence-electron chi connectivity index (χ1n) is 8.15. The summed E-state index contributed by atoms with van der Waals surface area (Å²) in [6.45, 7) is 3.85. The fourth-order valence-corrected chi connectivity index (χ4v) is 2.84. The smallest absolute Gasteiger partial charge is 0.240 e. The number of rotatable bonds is 4. The number of anilines is 2. The lowest BCUT2D eigenvalue weighted by Crippen LogP contribution is -2.36. The number of para-hydroxylation sites is 1. The second kappa shape index (κ2) is 6.40. The predicted molar refractivity (Wildman–Crippen MR) is 96.0 cm³/mol. The Morgan fingerprint density at radius 2 is 1.60 bits per heavy atom. The number of hydrogen-bond acceptors (Lipinski definition) is 3. The molecule has 1 aliphatic rings. The zero-order chi connectivity index (χ0) is 18.0. The van der Waals surface area contributed by atoms with Gasteiger partial charge in [0.2, 0.25) is 11.8 Å². The van der Waals surface area contributed by atoms with Gasteiger partial charge < -0.3 is 10.6 Å². The average molecular weight is 333 g/mol. The molecule has 0 spiro atoms. The maximum Gasteiger partial charge on any atom is 0.240 e. The minimum atomic E-state index is -1.03. The maximum atomic E-state index is 12.7. The summed E-state index contributed by atoms with van der Waals surface area (Å²) in [5.41, 5.74) is 2.64. The van der Waals surface area contributed by atoms with Crippen LogP contribution in [0.25, 0.3) is 0 Å². The normalized spacial score (nSPS) is 14.3. The van der Waals surface area contributed by atoms with E-state index in [0.717, 1.165) is 16.8 Å². The van der Waals surface area contributed by atoms with Crippen molar-refractivity contribution in [2.24, 2.45) is 5.41 Å². The van der Waals surface area contributed by atoms with Crippen molar-refractivity contribution in [2.45, 2.75) is 26.7 Å². The minimum absolute atomic E-state index is 0.279. The number of nitriles is 1. The Morgan fingerprint density at radius 3 is 2.20 bits per heavy atom. The molecule has 126 valence electrons. The van der Waals surface area contributed by atoms with E-state index in [9.17, 15) is 9.59 Å². The molecule has 1 aliphatic carbocycles. The van der Waals surface area contributed by atoms with Gasteiger partial charge in [-0.05, 0) is 56.0 Å². The molecule has 0 bridgehead atoms. The van der Waals surface area contributed by atoms with Gasteiger partial charge in [-0.25, -0.2) is 0 Å². The Morgan fingerprint density at radius 1 is 1.00 bits per heavy atom. The zero-order valence-electron chi connectivity index (χ0n) is 14.2. The fourth-order valence-electron chi connectivity index (χ4n) is 2.84. The van der Waals surface area contributed by atoms with Gasteiger partial charge in [-0.15, -0.1) is 0 Å². The number of nitrogens with one attached hydrogen (secondary N) is 2. The third-order valence-electron chi connectivity index (χ3n) is 4.59. The number of nitrogens with zero attached hydrogens (tertiary/aromatic N) is 1. The van der Waals surface area contributed by atoms with Gasteiger partial charge in [0, 0.05) is 11.4 Å². The zero-order valence-corrected chi connectivity index (χ0v) is 14.2. The molecule has 5 heteroatoms. The lowest BCUT2D eigenvalue weighted by atomic mass is 10.0. The van der Waals surface area contributed by atoms with Crippen molar-refractivity contribution in [2.75, 3.05) is 10.6 Å². The number of amides is 2. The van der Waals surface area contributed by atoms with Crippen LogP contribution in [0.1, 0.15) is 29.5 Å².